The molecule has 160 valence electrons. The lowest BCUT2D eigenvalue weighted by molar-refractivity contribution is 0.313. The topological polar surface area (TPSA) is 75.9 Å². The van der Waals surface area contributed by atoms with Gasteiger partial charge in [-0.3, -0.25) is 10.1 Å². The van der Waals surface area contributed by atoms with Crippen molar-refractivity contribution in [2.75, 3.05) is 51.2 Å². The zero-order valence-corrected chi connectivity index (χ0v) is 18.0. The number of hydrogen-bond acceptors (Lipinski definition) is 5. The largest absolute Gasteiger partial charge is 0.368 e. The minimum Gasteiger partial charge on any atom is -0.368 e. The van der Waals surface area contributed by atoms with Gasteiger partial charge in [-0.25, -0.2) is 0 Å². The van der Waals surface area contributed by atoms with E-state index in [1.165, 1.54) is 16.8 Å². The van der Waals surface area contributed by atoms with Gasteiger partial charge in [0.25, 0.3) is 0 Å². The van der Waals surface area contributed by atoms with Gasteiger partial charge < -0.3 is 20.1 Å². The molecule has 5 heterocycles. The number of rotatable bonds is 3. The van der Waals surface area contributed by atoms with Crippen LogP contribution in [0.5, 0.6) is 0 Å². The van der Waals surface area contributed by atoms with E-state index in [2.05, 4.69) is 67.7 Å². The molecule has 3 aromatic heterocycles. The normalized spacial score (nSPS) is 18.9. The smallest absolute Gasteiger partial charge is 0.116 e. The lowest BCUT2D eigenvalue weighted by Gasteiger charge is -2.34. The minimum atomic E-state index is 0.528. The van der Waals surface area contributed by atoms with E-state index >= 15 is 0 Å². The van der Waals surface area contributed by atoms with Gasteiger partial charge in [0.1, 0.15) is 5.69 Å². The Kier molecular flexibility index (Phi) is 4.65. The molecule has 0 atom stereocenters. The number of pyridine rings is 1. The maximum absolute atomic E-state index is 4.74. The Hall–Kier alpha value is -2.90. The number of piperazine rings is 1. The lowest BCUT2D eigenvalue weighted by Crippen LogP contribution is -2.44. The summed E-state index contributed by atoms with van der Waals surface area (Å²) in [6.45, 7) is 6.47. The highest BCUT2D eigenvalue weighted by Crippen LogP contribution is 2.35. The van der Waals surface area contributed by atoms with Gasteiger partial charge in [-0.1, -0.05) is 6.07 Å². The Bertz CT molecular complexity index is 1210. The van der Waals surface area contributed by atoms with Crippen LogP contribution in [0.15, 0.2) is 36.5 Å². The molecule has 0 unspecified atom stereocenters. The van der Waals surface area contributed by atoms with Crippen molar-refractivity contribution < 1.29 is 0 Å². The molecule has 2 saturated heterocycles. The highest BCUT2D eigenvalue weighted by Gasteiger charge is 2.21. The standard InChI is InChI=1S/C24H29N7/c1-30-9-11-31(12-10-30)23-4-2-3-19-17(23)13-21(27-19)24-18-14-20(16-5-7-25-8-6-16)26-15-22(18)28-29-24/h2-4,13-16,25,27H,5-12H2,1H3,(H,28,29). The van der Waals surface area contributed by atoms with E-state index in [1.807, 2.05) is 6.20 Å². The first kappa shape index (κ1) is 18.8. The highest BCUT2D eigenvalue weighted by molar-refractivity contribution is 5.99. The average molecular weight is 416 g/mol. The van der Waals surface area contributed by atoms with Crippen LogP contribution in [0.25, 0.3) is 33.2 Å². The van der Waals surface area contributed by atoms with E-state index in [-0.39, 0.29) is 0 Å². The van der Waals surface area contributed by atoms with Crippen LogP contribution in [0.1, 0.15) is 24.5 Å². The van der Waals surface area contributed by atoms with E-state index in [1.54, 1.807) is 0 Å². The third-order valence-corrected chi connectivity index (χ3v) is 6.97. The molecule has 2 fully saturated rings. The molecule has 0 saturated carbocycles. The molecule has 2 aliphatic heterocycles. The van der Waals surface area contributed by atoms with E-state index in [4.69, 9.17) is 4.98 Å². The summed E-state index contributed by atoms with van der Waals surface area (Å²) >= 11 is 0. The van der Waals surface area contributed by atoms with Crippen molar-refractivity contribution in [2.24, 2.45) is 0 Å². The third kappa shape index (κ3) is 3.38. The fraction of sp³-hybridized carbons (Fsp3) is 0.417. The van der Waals surface area contributed by atoms with Crippen molar-refractivity contribution in [3.05, 3.63) is 42.2 Å². The minimum absolute atomic E-state index is 0.528. The number of piperidine rings is 1. The molecule has 2 aliphatic rings. The molecule has 0 bridgehead atoms. The number of H-pyrrole nitrogens is 2. The first-order valence-corrected chi connectivity index (χ1v) is 11.4. The molecule has 31 heavy (non-hydrogen) atoms. The molecule has 6 rings (SSSR count). The van der Waals surface area contributed by atoms with Crippen LogP contribution in [0.4, 0.5) is 5.69 Å². The summed E-state index contributed by atoms with van der Waals surface area (Å²) in [5.41, 5.74) is 6.69. The SMILES string of the molecule is CN1CCN(c2cccc3[nH]c(-c4n[nH]c5cnc(C6CCNCC6)cc45)cc23)CC1. The van der Waals surface area contributed by atoms with Crippen LogP contribution in [-0.4, -0.2) is 71.4 Å². The van der Waals surface area contributed by atoms with Gasteiger partial charge in [-0.2, -0.15) is 5.10 Å². The number of aromatic nitrogens is 4. The molecule has 7 nitrogen and oxygen atoms in total. The van der Waals surface area contributed by atoms with Crippen LogP contribution in [-0.2, 0) is 0 Å². The Morgan fingerprint density at radius 1 is 0.968 bits per heavy atom. The number of fused-ring (bicyclic) bond motifs is 2. The quantitative estimate of drug-likeness (QED) is 0.479. The molecule has 0 spiro atoms. The maximum Gasteiger partial charge on any atom is 0.116 e. The zero-order valence-electron chi connectivity index (χ0n) is 18.0. The van der Waals surface area contributed by atoms with Crippen molar-refractivity contribution >= 4 is 27.5 Å². The van der Waals surface area contributed by atoms with Gasteiger partial charge in [0.15, 0.2) is 0 Å². The predicted molar refractivity (Wildman–Crippen MR) is 126 cm³/mol. The van der Waals surface area contributed by atoms with E-state index in [9.17, 15) is 0 Å². The van der Waals surface area contributed by atoms with Gasteiger partial charge in [0.2, 0.25) is 0 Å². The summed E-state index contributed by atoms with van der Waals surface area (Å²) in [4.78, 5) is 13.3. The first-order valence-electron chi connectivity index (χ1n) is 11.4. The summed E-state index contributed by atoms with van der Waals surface area (Å²) in [6.07, 6.45) is 4.24. The van der Waals surface area contributed by atoms with Crippen molar-refractivity contribution in [2.45, 2.75) is 18.8 Å². The van der Waals surface area contributed by atoms with Gasteiger partial charge in [-0.15, -0.1) is 0 Å². The Balaban J connectivity index is 1.40. The van der Waals surface area contributed by atoms with Crippen LogP contribution < -0.4 is 10.2 Å². The van der Waals surface area contributed by atoms with Crippen LogP contribution >= 0.6 is 0 Å². The van der Waals surface area contributed by atoms with Crippen molar-refractivity contribution in [3.8, 4) is 11.4 Å². The zero-order chi connectivity index (χ0) is 20.8. The molecule has 0 aliphatic carbocycles. The fourth-order valence-corrected chi connectivity index (χ4v) is 5.07. The summed E-state index contributed by atoms with van der Waals surface area (Å²) in [5, 5.41) is 13.7. The van der Waals surface area contributed by atoms with E-state index in [0.29, 0.717) is 5.92 Å². The summed E-state index contributed by atoms with van der Waals surface area (Å²) in [5.74, 6) is 0.528. The molecule has 3 N–H and O–H groups in total. The monoisotopic (exact) mass is 415 g/mol. The Morgan fingerprint density at radius 2 is 1.81 bits per heavy atom. The van der Waals surface area contributed by atoms with Gasteiger partial charge in [0, 0.05) is 59.8 Å². The van der Waals surface area contributed by atoms with Crippen molar-refractivity contribution in [1.82, 2.24) is 30.4 Å². The molecular weight excluding hydrogens is 386 g/mol. The predicted octanol–water partition coefficient (Wildman–Crippen LogP) is 3.33. The Morgan fingerprint density at radius 3 is 2.65 bits per heavy atom. The van der Waals surface area contributed by atoms with Crippen LogP contribution in [0, 0.1) is 0 Å². The van der Waals surface area contributed by atoms with Gasteiger partial charge >= 0.3 is 0 Å². The van der Waals surface area contributed by atoms with Crippen molar-refractivity contribution in [3.63, 3.8) is 0 Å². The first-order chi connectivity index (χ1) is 15.3. The number of hydrogen-bond donors (Lipinski definition) is 3. The van der Waals surface area contributed by atoms with Crippen LogP contribution in [0.3, 0.4) is 0 Å². The Labute approximate surface area is 181 Å². The maximum atomic E-state index is 4.74. The molecule has 4 aromatic rings. The molecule has 0 radical (unpaired) electrons. The van der Waals surface area contributed by atoms with Gasteiger partial charge in [0.05, 0.1) is 17.4 Å². The highest BCUT2D eigenvalue weighted by atomic mass is 15.2. The van der Waals surface area contributed by atoms with E-state index in [0.717, 1.165) is 79.9 Å². The average Bonchev–Trinajstić information content (AvgIpc) is 3.43. The van der Waals surface area contributed by atoms with Crippen molar-refractivity contribution in [1.29, 1.82) is 0 Å². The second-order valence-electron chi connectivity index (χ2n) is 8.96. The fourth-order valence-electron chi connectivity index (χ4n) is 5.07. The number of nitrogens with zero attached hydrogens (tertiary/aromatic N) is 4. The van der Waals surface area contributed by atoms with Gasteiger partial charge in [-0.05, 0) is 57.2 Å². The molecular formula is C24H29N7. The number of nitrogens with one attached hydrogen (secondary N) is 3. The van der Waals surface area contributed by atoms with Crippen LogP contribution in [0.2, 0.25) is 0 Å². The summed E-state index contributed by atoms with van der Waals surface area (Å²) in [7, 11) is 2.20. The number of likely N-dealkylation sites (N-methyl/N-ethyl adjacent to an activating group) is 1. The summed E-state index contributed by atoms with van der Waals surface area (Å²) < 4.78 is 0. The second-order valence-corrected chi connectivity index (χ2v) is 8.96. The lowest BCUT2D eigenvalue weighted by atomic mass is 9.93. The number of benzene rings is 1. The molecule has 7 heteroatoms. The third-order valence-electron chi connectivity index (χ3n) is 6.97. The second kappa shape index (κ2) is 7.66. The number of aromatic amines is 2. The molecule has 0 amide bonds. The summed E-state index contributed by atoms with van der Waals surface area (Å²) in [6, 6.07) is 11.1. The van der Waals surface area contributed by atoms with E-state index < -0.39 is 0 Å². The number of anilines is 1. The molecule has 1 aromatic carbocycles.